The Kier molecular flexibility index (Phi) is 3.48. The van der Waals surface area contributed by atoms with E-state index in [2.05, 4.69) is 11.6 Å². The van der Waals surface area contributed by atoms with Gasteiger partial charge in [-0.2, -0.15) is 8.78 Å². The molecule has 0 aromatic carbocycles. The van der Waals surface area contributed by atoms with Gasteiger partial charge in [0.25, 0.3) is 0 Å². The van der Waals surface area contributed by atoms with E-state index in [0.717, 1.165) is 0 Å². The topological polar surface area (TPSA) is 16.1 Å². The molecule has 17 heavy (non-hydrogen) atoms. The third-order valence-corrected chi connectivity index (χ3v) is 4.11. The second-order valence-corrected chi connectivity index (χ2v) is 5.30. The van der Waals surface area contributed by atoms with Crippen LogP contribution in [-0.2, 0) is 0 Å². The Morgan fingerprint density at radius 3 is 3.12 bits per heavy atom. The minimum absolute atomic E-state index is 0.176. The van der Waals surface area contributed by atoms with Crippen LogP contribution < -0.4 is 4.31 Å². The molecule has 0 saturated carbocycles. The van der Waals surface area contributed by atoms with Crippen LogP contribution in [0.15, 0.2) is 24.2 Å². The molecule has 0 fully saturated rings. The zero-order chi connectivity index (χ0) is 12.5. The average molecular weight is 278 g/mol. The minimum atomic E-state index is -3.52. The molecule has 0 aliphatic carbocycles. The Balaban J connectivity index is 2.16. The van der Waals surface area contributed by atoms with E-state index in [-0.39, 0.29) is 11.9 Å². The Morgan fingerprint density at radius 1 is 1.65 bits per heavy atom. The van der Waals surface area contributed by atoms with Crippen molar-refractivity contribution in [2.45, 2.75) is 11.4 Å². The van der Waals surface area contributed by atoms with E-state index in [1.165, 1.54) is 15.6 Å². The highest BCUT2D eigenvalue weighted by molar-refractivity contribution is 8.01. The van der Waals surface area contributed by atoms with Crippen molar-refractivity contribution in [3.05, 3.63) is 29.9 Å². The molecule has 0 N–H and O–H groups in total. The van der Waals surface area contributed by atoms with Crippen molar-refractivity contribution < 1.29 is 13.2 Å². The first-order chi connectivity index (χ1) is 8.04. The van der Waals surface area contributed by atoms with E-state index in [4.69, 9.17) is 0 Å². The number of anilines is 1. The summed E-state index contributed by atoms with van der Waals surface area (Å²) in [5, 5.41) is -2.90. The molecule has 7 heteroatoms. The molecule has 2 nitrogen and oxygen atoms in total. The van der Waals surface area contributed by atoms with E-state index >= 15 is 0 Å². The summed E-state index contributed by atoms with van der Waals surface area (Å²) in [6, 6.07) is 0. The maximum atomic E-state index is 13.4. The Bertz CT molecular complexity index is 445. The number of alkyl halides is 3. The number of rotatable bonds is 4. The summed E-state index contributed by atoms with van der Waals surface area (Å²) in [6.07, 6.45) is 1.73. The molecule has 0 bridgehead atoms. The molecule has 2 heterocycles. The molecule has 1 aromatic rings. The van der Waals surface area contributed by atoms with Gasteiger partial charge in [0.2, 0.25) is 0 Å². The zero-order valence-corrected chi connectivity index (χ0v) is 10.3. The van der Waals surface area contributed by atoms with Gasteiger partial charge in [-0.25, -0.2) is 9.37 Å². The number of fused-ring (bicyclic) bond motifs is 1. The van der Waals surface area contributed by atoms with Crippen LogP contribution in [0, 0.1) is 0 Å². The lowest BCUT2D eigenvalue weighted by Crippen LogP contribution is -2.31. The largest absolute Gasteiger partial charge is 0.346 e. The molecular formula is C10H9F3N2S2. The molecule has 1 atom stereocenters. The summed E-state index contributed by atoms with van der Waals surface area (Å²) in [6.45, 7) is 3.35. The Morgan fingerprint density at radius 2 is 2.41 bits per heavy atom. The van der Waals surface area contributed by atoms with Gasteiger partial charge in [-0.3, -0.25) is 4.31 Å². The van der Waals surface area contributed by atoms with Crippen LogP contribution in [0.1, 0.15) is 5.69 Å². The summed E-state index contributed by atoms with van der Waals surface area (Å²) in [7, 11) is 0. The van der Waals surface area contributed by atoms with Crippen molar-refractivity contribution in [3.8, 4) is 0 Å². The molecular weight excluding hydrogens is 269 g/mol. The van der Waals surface area contributed by atoms with Crippen LogP contribution in [0.4, 0.5) is 18.2 Å². The lowest BCUT2D eigenvalue weighted by Gasteiger charge is -2.28. The SMILES string of the molecule is C=CC(F)C(F)(F)SN1CC=Cc2ncsc21. The fourth-order valence-electron chi connectivity index (χ4n) is 1.31. The fraction of sp³-hybridized carbons (Fsp3) is 0.300. The van der Waals surface area contributed by atoms with E-state index in [1.54, 1.807) is 17.7 Å². The highest BCUT2D eigenvalue weighted by atomic mass is 32.2. The predicted molar refractivity (Wildman–Crippen MR) is 66.1 cm³/mol. The average Bonchev–Trinajstić information content (AvgIpc) is 2.76. The van der Waals surface area contributed by atoms with E-state index in [0.29, 0.717) is 23.3 Å². The summed E-state index contributed by atoms with van der Waals surface area (Å²) in [5.41, 5.74) is 2.21. The van der Waals surface area contributed by atoms with Gasteiger partial charge >= 0.3 is 5.25 Å². The van der Waals surface area contributed by atoms with Crippen LogP contribution in [-0.4, -0.2) is 23.0 Å². The maximum Gasteiger partial charge on any atom is 0.346 e. The van der Waals surface area contributed by atoms with Gasteiger partial charge in [-0.15, -0.1) is 11.3 Å². The third-order valence-electron chi connectivity index (χ3n) is 2.11. The molecule has 92 valence electrons. The second kappa shape index (κ2) is 4.73. The lowest BCUT2D eigenvalue weighted by molar-refractivity contribution is 0.0381. The molecule has 0 spiro atoms. The quantitative estimate of drug-likeness (QED) is 0.616. The lowest BCUT2D eigenvalue weighted by atomic mass is 10.3. The summed E-state index contributed by atoms with van der Waals surface area (Å²) in [5.74, 6) is 0. The molecule has 2 rings (SSSR count). The zero-order valence-electron chi connectivity index (χ0n) is 8.65. The van der Waals surface area contributed by atoms with Gasteiger partial charge in [0, 0.05) is 18.5 Å². The summed E-state index contributed by atoms with van der Waals surface area (Å²) in [4.78, 5) is 4.02. The Labute approximate surface area is 105 Å². The molecule has 0 radical (unpaired) electrons. The van der Waals surface area contributed by atoms with Crippen molar-refractivity contribution in [2.75, 3.05) is 10.8 Å². The number of nitrogens with zero attached hydrogens (tertiary/aromatic N) is 2. The fourth-order valence-corrected chi connectivity index (χ4v) is 3.07. The number of hydrogen-bond donors (Lipinski definition) is 0. The van der Waals surface area contributed by atoms with Gasteiger partial charge in [0.15, 0.2) is 6.17 Å². The summed E-state index contributed by atoms with van der Waals surface area (Å²) >= 11 is 1.43. The van der Waals surface area contributed by atoms with Gasteiger partial charge in [-0.05, 0) is 6.08 Å². The third kappa shape index (κ3) is 2.50. The summed E-state index contributed by atoms with van der Waals surface area (Å²) < 4.78 is 41.2. The smallest absolute Gasteiger partial charge is 0.297 e. The van der Waals surface area contributed by atoms with Gasteiger partial charge in [0.05, 0.1) is 11.2 Å². The first kappa shape index (κ1) is 12.5. The van der Waals surface area contributed by atoms with Gasteiger partial charge in [0.1, 0.15) is 5.00 Å². The molecule has 0 saturated heterocycles. The van der Waals surface area contributed by atoms with Crippen molar-refractivity contribution >= 4 is 34.4 Å². The van der Waals surface area contributed by atoms with Gasteiger partial charge in [-0.1, -0.05) is 18.7 Å². The van der Waals surface area contributed by atoms with E-state index in [9.17, 15) is 13.2 Å². The second-order valence-electron chi connectivity index (χ2n) is 3.30. The van der Waals surface area contributed by atoms with Gasteiger partial charge < -0.3 is 0 Å². The van der Waals surface area contributed by atoms with E-state index in [1.807, 2.05) is 0 Å². The van der Waals surface area contributed by atoms with Crippen molar-refractivity contribution in [1.29, 1.82) is 0 Å². The molecule has 1 aliphatic heterocycles. The van der Waals surface area contributed by atoms with Crippen molar-refractivity contribution in [3.63, 3.8) is 0 Å². The van der Waals surface area contributed by atoms with Crippen molar-refractivity contribution in [2.24, 2.45) is 0 Å². The van der Waals surface area contributed by atoms with Crippen LogP contribution in [0.5, 0.6) is 0 Å². The monoisotopic (exact) mass is 278 g/mol. The number of aromatic nitrogens is 1. The van der Waals surface area contributed by atoms with Crippen LogP contribution >= 0.6 is 23.3 Å². The highest BCUT2D eigenvalue weighted by Crippen LogP contribution is 2.43. The number of thiazole rings is 1. The minimum Gasteiger partial charge on any atom is -0.297 e. The molecule has 1 unspecified atom stereocenters. The first-order valence-electron chi connectivity index (χ1n) is 4.75. The molecule has 1 aliphatic rings. The normalized spacial score (nSPS) is 16.8. The number of hydrogen-bond acceptors (Lipinski definition) is 4. The van der Waals surface area contributed by atoms with Crippen LogP contribution in [0.2, 0.25) is 0 Å². The molecule has 0 amide bonds. The maximum absolute atomic E-state index is 13.4. The molecule has 1 aromatic heterocycles. The van der Waals surface area contributed by atoms with Crippen molar-refractivity contribution in [1.82, 2.24) is 4.98 Å². The number of allylic oxidation sites excluding steroid dienone is 1. The number of halogens is 3. The highest BCUT2D eigenvalue weighted by Gasteiger charge is 2.42. The first-order valence-corrected chi connectivity index (χ1v) is 6.41. The Hall–Kier alpha value is -0.950. The van der Waals surface area contributed by atoms with Crippen LogP contribution in [0.3, 0.4) is 0 Å². The predicted octanol–water partition coefficient (Wildman–Crippen LogP) is 3.74. The van der Waals surface area contributed by atoms with Crippen LogP contribution in [0.25, 0.3) is 6.08 Å². The van der Waals surface area contributed by atoms with E-state index < -0.39 is 11.4 Å². The standard InChI is InChI=1S/C10H9F3N2S2/c1-2-8(11)10(12,13)17-15-5-3-4-7-9(15)16-6-14-7/h2-4,6,8H,1,5H2.